The number of aromatic hydroxyl groups is 1. The molecule has 2 aromatic carbocycles. The summed E-state index contributed by atoms with van der Waals surface area (Å²) in [7, 11) is 0. The Morgan fingerprint density at radius 1 is 0.459 bits per heavy atom. The Kier molecular flexibility index (Phi) is 4.86. The van der Waals surface area contributed by atoms with Crippen molar-refractivity contribution in [2.24, 2.45) is 20.0 Å². The molecule has 0 aromatic heterocycles. The summed E-state index contributed by atoms with van der Waals surface area (Å²) in [5.41, 5.74) is 10.9. The fourth-order valence-corrected chi connectivity index (χ4v) is 4.72. The molecule has 5 heterocycles. The summed E-state index contributed by atoms with van der Waals surface area (Å²) >= 11 is 0. The number of allylic oxidation sites excluding steroid dienone is 12. The zero-order valence-corrected chi connectivity index (χ0v) is 19.7. The van der Waals surface area contributed by atoms with E-state index in [-0.39, 0.29) is 5.75 Å². The number of hydrogen-bond donors (Lipinski definition) is 1. The molecule has 0 aliphatic carbocycles. The first-order valence-corrected chi connectivity index (χ1v) is 12.0. The fourth-order valence-electron chi connectivity index (χ4n) is 4.72. The van der Waals surface area contributed by atoms with Gasteiger partial charge in [-0.05, 0) is 95.7 Å². The average Bonchev–Trinajstić information content (AvgIpc) is 3.70. The van der Waals surface area contributed by atoms with Crippen LogP contribution in [0.25, 0.3) is 16.7 Å². The van der Waals surface area contributed by atoms with Crippen LogP contribution in [0.1, 0.15) is 5.56 Å². The summed E-state index contributed by atoms with van der Waals surface area (Å²) in [5.74, 6) is 0.243. The van der Waals surface area contributed by atoms with E-state index in [1.165, 1.54) is 0 Å². The third-order valence-electron chi connectivity index (χ3n) is 6.43. The summed E-state index contributed by atoms with van der Waals surface area (Å²) in [6, 6.07) is 15.5. The number of phenolic OH excluding ortho intramolecular Hbond substituents is 1. The molecular weight excluding hydrogens is 456 g/mol. The second-order valence-corrected chi connectivity index (χ2v) is 9.03. The van der Waals surface area contributed by atoms with Crippen LogP contribution in [-0.4, -0.2) is 28.0 Å². The van der Waals surface area contributed by atoms with Gasteiger partial charge in [0.15, 0.2) is 0 Å². The van der Waals surface area contributed by atoms with Crippen molar-refractivity contribution in [1.29, 1.82) is 0 Å². The van der Waals surface area contributed by atoms with E-state index >= 15 is 0 Å². The third kappa shape index (κ3) is 4.13. The molecule has 7 rings (SSSR count). The Morgan fingerprint density at radius 3 is 1.62 bits per heavy atom. The lowest BCUT2D eigenvalue weighted by molar-refractivity contribution is 0.475. The molecule has 0 spiro atoms. The fraction of sp³-hybridized carbons (Fsp3) is 0. The second-order valence-electron chi connectivity index (χ2n) is 9.03. The van der Waals surface area contributed by atoms with Gasteiger partial charge >= 0.3 is 0 Å². The minimum Gasteiger partial charge on any atom is -0.508 e. The summed E-state index contributed by atoms with van der Waals surface area (Å²) in [6.07, 6.45) is 22.0. The number of hydrogen-bond acceptors (Lipinski definition) is 5. The molecule has 37 heavy (non-hydrogen) atoms. The highest BCUT2D eigenvalue weighted by Crippen LogP contribution is 2.35. The van der Waals surface area contributed by atoms with Crippen molar-refractivity contribution >= 4 is 28.4 Å². The largest absolute Gasteiger partial charge is 0.508 e. The van der Waals surface area contributed by atoms with E-state index in [0.717, 1.165) is 67.9 Å². The van der Waals surface area contributed by atoms with Crippen molar-refractivity contribution in [3.05, 3.63) is 144 Å². The summed E-state index contributed by atoms with van der Waals surface area (Å²) in [6.45, 7) is 0. The second kappa shape index (κ2) is 8.50. The van der Waals surface area contributed by atoms with Crippen molar-refractivity contribution < 1.29 is 5.11 Å². The quantitative estimate of drug-likeness (QED) is 0.530. The van der Waals surface area contributed by atoms with Gasteiger partial charge in [-0.15, -0.1) is 0 Å². The lowest BCUT2D eigenvalue weighted by Crippen LogP contribution is -1.98. The molecule has 8 bridgehead atoms. The molecular formula is C32H20N4O. The Hall–Kier alpha value is -5.16. The Labute approximate surface area is 214 Å². The number of nitrogens with zero attached hydrogens (tertiary/aromatic N) is 4. The maximum absolute atomic E-state index is 9.79. The van der Waals surface area contributed by atoms with Crippen molar-refractivity contribution in [3.8, 4) is 16.9 Å². The van der Waals surface area contributed by atoms with Gasteiger partial charge in [0.1, 0.15) is 5.75 Å². The molecule has 0 atom stereocenters. The highest BCUT2D eigenvalue weighted by atomic mass is 16.3. The van der Waals surface area contributed by atoms with Crippen LogP contribution >= 0.6 is 0 Å². The molecule has 5 aliphatic rings. The number of fused-ring (bicyclic) bond motifs is 4. The van der Waals surface area contributed by atoms with Crippen molar-refractivity contribution in [3.63, 3.8) is 0 Å². The Morgan fingerprint density at radius 2 is 1.00 bits per heavy atom. The van der Waals surface area contributed by atoms with Crippen LogP contribution in [0.5, 0.6) is 5.75 Å². The SMILES string of the molecule is Oc1ccc(-c2ccccc2C2=CC3=CC4=NC(=CC5=NC(=CC6=NC(=CC2=N3)C=C6)C=C5)C=C4)cc1. The summed E-state index contributed by atoms with van der Waals surface area (Å²) in [4.78, 5) is 19.2. The zero-order chi connectivity index (χ0) is 24.8. The van der Waals surface area contributed by atoms with Crippen molar-refractivity contribution in [2.45, 2.75) is 0 Å². The van der Waals surface area contributed by atoms with Crippen LogP contribution in [0, 0.1) is 0 Å². The molecule has 0 fully saturated rings. The normalized spacial score (nSPS) is 19.0. The molecule has 0 saturated heterocycles. The first-order valence-electron chi connectivity index (χ1n) is 12.0. The topological polar surface area (TPSA) is 69.7 Å². The Bertz CT molecular complexity index is 1740. The lowest BCUT2D eigenvalue weighted by Gasteiger charge is -2.11. The predicted molar refractivity (Wildman–Crippen MR) is 151 cm³/mol. The molecule has 0 unspecified atom stereocenters. The van der Waals surface area contributed by atoms with Crippen LogP contribution in [0.3, 0.4) is 0 Å². The van der Waals surface area contributed by atoms with Crippen LogP contribution < -0.4 is 0 Å². The highest BCUT2D eigenvalue weighted by molar-refractivity contribution is 6.33. The minimum atomic E-state index is 0.243. The van der Waals surface area contributed by atoms with Gasteiger partial charge in [0, 0.05) is 5.57 Å². The molecule has 1 N–H and O–H groups in total. The van der Waals surface area contributed by atoms with E-state index in [0.29, 0.717) is 0 Å². The van der Waals surface area contributed by atoms with E-state index in [9.17, 15) is 5.11 Å². The van der Waals surface area contributed by atoms with Gasteiger partial charge < -0.3 is 5.11 Å². The number of phenols is 1. The first kappa shape index (κ1) is 21.1. The standard InChI is InChI=1S/C32H20N4O/c37-28-13-5-20(6-14-28)29-3-1-2-4-30(29)31-18-27-17-25-10-9-23(34-25)15-21-7-8-22(33-21)16-24-11-12-26(35-24)19-32(31)36-27/h1-19,37H. The molecule has 5 heteroatoms. The van der Waals surface area contributed by atoms with Gasteiger partial charge in [-0.25, -0.2) is 20.0 Å². The van der Waals surface area contributed by atoms with E-state index in [1.54, 1.807) is 12.1 Å². The van der Waals surface area contributed by atoms with E-state index in [4.69, 9.17) is 15.0 Å². The molecule has 5 nitrogen and oxygen atoms in total. The predicted octanol–water partition coefficient (Wildman–Crippen LogP) is 6.48. The molecule has 5 aliphatic heterocycles. The van der Waals surface area contributed by atoms with Crippen LogP contribution in [0.2, 0.25) is 0 Å². The monoisotopic (exact) mass is 476 g/mol. The number of benzene rings is 2. The van der Waals surface area contributed by atoms with Crippen LogP contribution in [-0.2, 0) is 0 Å². The van der Waals surface area contributed by atoms with Crippen LogP contribution in [0.4, 0.5) is 0 Å². The smallest absolute Gasteiger partial charge is 0.115 e. The van der Waals surface area contributed by atoms with Crippen molar-refractivity contribution in [2.75, 3.05) is 0 Å². The zero-order valence-electron chi connectivity index (χ0n) is 19.7. The molecule has 2 aromatic rings. The van der Waals surface area contributed by atoms with Gasteiger partial charge in [-0.2, -0.15) is 0 Å². The number of aliphatic imine (C=N–C) groups is 4. The van der Waals surface area contributed by atoms with Gasteiger partial charge in [-0.1, -0.05) is 36.4 Å². The average molecular weight is 477 g/mol. The summed E-state index contributed by atoms with van der Waals surface area (Å²) in [5, 5.41) is 9.79. The Balaban J connectivity index is 1.38. The third-order valence-corrected chi connectivity index (χ3v) is 6.43. The van der Waals surface area contributed by atoms with Gasteiger partial charge in [0.2, 0.25) is 0 Å². The molecule has 174 valence electrons. The highest BCUT2D eigenvalue weighted by Gasteiger charge is 2.20. The lowest BCUT2D eigenvalue weighted by atomic mass is 9.92. The molecule has 0 saturated carbocycles. The minimum absolute atomic E-state index is 0.243. The maximum Gasteiger partial charge on any atom is 0.115 e. The molecule has 0 amide bonds. The maximum atomic E-state index is 9.79. The van der Waals surface area contributed by atoms with Gasteiger partial charge in [-0.3, -0.25) is 0 Å². The molecule has 0 radical (unpaired) electrons. The van der Waals surface area contributed by atoms with Gasteiger partial charge in [0.25, 0.3) is 0 Å². The number of rotatable bonds is 2. The summed E-state index contributed by atoms with van der Waals surface area (Å²) < 4.78 is 0. The van der Waals surface area contributed by atoms with E-state index in [2.05, 4.69) is 23.2 Å². The van der Waals surface area contributed by atoms with E-state index in [1.807, 2.05) is 85.0 Å². The van der Waals surface area contributed by atoms with E-state index < -0.39 is 0 Å². The van der Waals surface area contributed by atoms with Crippen LogP contribution in [0.15, 0.2) is 158 Å². The first-order chi connectivity index (χ1) is 18.2. The van der Waals surface area contributed by atoms with Gasteiger partial charge in [0.05, 0.1) is 45.6 Å². The van der Waals surface area contributed by atoms with Crippen molar-refractivity contribution in [1.82, 2.24) is 0 Å².